The molecule has 3 N–H and O–H groups in total. The summed E-state index contributed by atoms with van der Waals surface area (Å²) in [5, 5.41) is 15.7. The molecular formula is C20H24ClFN4O2. The van der Waals surface area contributed by atoms with Gasteiger partial charge < -0.3 is 20.6 Å². The highest BCUT2D eigenvalue weighted by Crippen LogP contribution is 2.23. The summed E-state index contributed by atoms with van der Waals surface area (Å²) in [6.07, 6.45) is 2.57. The van der Waals surface area contributed by atoms with Gasteiger partial charge in [-0.2, -0.15) is 0 Å². The number of aromatic nitrogens is 1. The van der Waals surface area contributed by atoms with E-state index in [1.54, 1.807) is 4.90 Å². The lowest BCUT2D eigenvalue weighted by molar-refractivity contribution is 0.177. The zero-order chi connectivity index (χ0) is 20.3. The minimum atomic E-state index is -0.664. The normalized spacial score (nSPS) is 14.6. The molecule has 0 radical (unpaired) electrons. The molecule has 1 aromatic heterocycles. The Kier molecular flexibility index (Phi) is 6.36. The number of amides is 2. The van der Waals surface area contributed by atoms with Gasteiger partial charge in [0.15, 0.2) is 0 Å². The van der Waals surface area contributed by atoms with Gasteiger partial charge in [-0.15, -0.1) is 0 Å². The Hall–Kier alpha value is -2.38. The molecule has 0 saturated carbocycles. The molecule has 3 rings (SSSR count). The highest BCUT2D eigenvalue weighted by Gasteiger charge is 2.24. The molecule has 28 heavy (non-hydrogen) atoms. The molecule has 0 saturated heterocycles. The molecule has 150 valence electrons. The Balaban J connectivity index is 1.70. The number of nitrogens with one attached hydrogen (secondary N) is 2. The lowest BCUT2D eigenvalue weighted by atomic mass is 10.0. The summed E-state index contributed by atoms with van der Waals surface area (Å²) in [4.78, 5) is 18.8. The predicted octanol–water partition coefficient (Wildman–Crippen LogP) is 3.50. The maximum atomic E-state index is 13.4. The van der Waals surface area contributed by atoms with Crippen LogP contribution in [0.4, 0.5) is 15.0 Å². The van der Waals surface area contributed by atoms with Gasteiger partial charge in [0.1, 0.15) is 11.6 Å². The molecule has 2 heterocycles. The Morgan fingerprint density at radius 1 is 1.36 bits per heavy atom. The molecule has 1 aliphatic rings. The van der Waals surface area contributed by atoms with Crippen LogP contribution in [0.15, 0.2) is 30.5 Å². The summed E-state index contributed by atoms with van der Waals surface area (Å²) in [7, 11) is 0. The Bertz CT molecular complexity index is 862. The maximum absolute atomic E-state index is 13.4. The van der Waals surface area contributed by atoms with Crippen LogP contribution in [0, 0.1) is 5.82 Å². The van der Waals surface area contributed by atoms with Gasteiger partial charge >= 0.3 is 6.03 Å². The van der Waals surface area contributed by atoms with Gasteiger partial charge in [-0.3, -0.25) is 0 Å². The number of nitrogens with zero attached hydrogens (tertiary/aromatic N) is 2. The monoisotopic (exact) mass is 406 g/mol. The SMILES string of the molecule is CC(C)Nc1cc2c(cn1)CCN(C(=O)N[C@H](CO)c1ccc(F)c(Cl)c1)C2. The van der Waals surface area contributed by atoms with Crippen molar-refractivity contribution in [3.8, 4) is 0 Å². The van der Waals surface area contributed by atoms with Crippen LogP contribution in [0.5, 0.6) is 0 Å². The minimum absolute atomic E-state index is 0.0465. The van der Waals surface area contributed by atoms with Gasteiger partial charge in [-0.05, 0) is 55.2 Å². The van der Waals surface area contributed by atoms with Crippen molar-refractivity contribution >= 4 is 23.4 Å². The van der Waals surface area contributed by atoms with Crippen LogP contribution < -0.4 is 10.6 Å². The summed E-state index contributed by atoms with van der Waals surface area (Å²) >= 11 is 5.82. The van der Waals surface area contributed by atoms with E-state index in [1.807, 2.05) is 26.1 Å². The van der Waals surface area contributed by atoms with E-state index in [-0.39, 0.29) is 23.7 Å². The van der Waals surface area contributed by atoms with E-state index >= 15 is 0 Å². The fraction of sp³-hybridized carbons (Fsp3) is 0.400. The van der Waals surface area contributed by atoms with Crippen molar-refractivity contribution in [2.75, 3.05) is 18.5 Å². The highest BCUT2D eigenvalue weighted by atomic mass is 35.5. The van der Waals surface area contributed by atoms with E-state index in [2.05, 4.69) is 15.6 Å². The van der Waals surface area contributed by atoms with E-state index in [4.69, 9.17) is 11.6 Å². The summed E-state index contributed by atoms with van der Waals surface area (Å²) in [5.74, 6) is 0.241. The number of rotatable bonds is 5. The molecule has 2 aromatic rings. The highest BCUT2D eigenvalue weighted by molar-refractivity contribution is 6.30. The third-order valence-corrected chi connectivity index (χ3v) is 4.93. The van der Waals surface area contributed by atoms with Crippen LogP contribution in [0.2, 0.25) is 5.02 Å². The Morgan fingerprint density at radius 3 is 2.82 bits per heavy atom. The number of carbonyl (C=O) groups is 1. The number of fused-ring (bicyclic) bond motifs is 1. The van der Waals surface area contributed by atoms with Crippen molar-refractivity contribution in [3.63, 3.8) is 0 Å². The van der Waals surface area contributed by atoms with Gasteiger partial charge in [0.25, 0.3) is 0 Å². The zero-order valence-corrected chi connectivity index (χ0v) is 16.6. The number of hydrogen-bond donors (Lipinski definition) is 3. The van der Waals surface area contributed by atoms with Crippen molar-refractivity contribution in [2.45, 2.75) is 38.9 Å². The topological polar surface area (TPSA) is 77.5 Å². The summed E-state index contributed by atoms with van der Waals surface area (Å²) in [6.45, 7) is 4.78. The number of urea groups is 1. The standard InChI is InChI=1S/C20H24ClFN4O2/c1-12(2)24-19-8-15-10-26(6-5-14(15)9-23-19)20(28)25-18(11-27)13-3-4-17(22)16(21)7-13/h3-4,7-9,12,18,27H,5-6,10-11H2,1-2H3,(H,23,24)(H,25,28)/t18-/m1/s1. The average Bonchev–Trinajstić information content (AvgIpc) is 2.67. The van der Waals surface area contributed by atoms with Crippen molar-refractivity contribution in [3.05, 3.63) is 58.0 Å². The zero-order valence-electron chi connectivity index (χ0n) is 15.9. The molecule has 0 fully saturated rings. The fourth-order valence-electron chi connectivity index (χ4n) is 3.19. The van der Waals surface area contributed by atoms with Gasteiger partial charge in [0.2, 0.25) is 0 Å². The lowest BCUT2D eigenvalue weighted by Crippen LogP contribution is -2.44. The van der Waals surface area contributed by atoms with Gasteiger partial charge in [0.05, 0.1) is 17.7 Å². The number of hydrogen-bond acceptors (Lipinski definition) is 4. The van der Waals surface area contributed by atoms with Gasteiger partial charge in [0, 0.05) is 25.3 Å². The Morgan fingerprint density at radius 2 is 2.14 bits per heavy atom. The number of anilines is 1. The number of halogens is 2. The van der Waals surface area contributed by atoms with Crippen LogP contribution in [0.3, 0.4) is 0 Å². The first kappa shape index (κ1) is 20.4. The molecule has 6 nitrogen and oxygen atoms in total. The predicted molar refractivity (Wildman–Crippen MR) is 107 cm³/mol. The summed E-state index contributed by atoms with van der Waals surface area (Å²) in [5.41, 5.74) is 2.72. The number of benzene rings is 1. The smallest absolute Gasteiger partial charge is 0.318 e. The number of aliphatic hydroxyl groups is 1. The maximum Gasteiger partial charge on any atom is 0.318 e. The molecule has 0 unspecified atom stereocenters. The van der Waals surface area contributed by atoms with Crippen LogP contribution >= 0.6 is 11.6 Å². The average molecular weight is 407 g/mol. The van der Waals surface area contributed by atoms with Gasteiger partial charge in [-0.25, -0.2) is 14.2 Å². The molecule has 0 spiro atoms. The molecular weight excluding hydrogens is 383 g/mol. The van der Waals surface area contributed by atoms with E-state index in [9.17, 15) is 14.3 Å². The number of aliphatic hydroxyl groups excluding tert-OH is 1. The number of pyridine rings is 1. The summed E-state index contributed by atoms with van der Waals surface area (Å²) in [6, 6.07) is 5.42. The molecule has 2 amide bonds. The van der Waals surface area contributed by atoms with E-state index in [0.717, 1.165) is 16.9 Å². The van der Waals surface area contributed by atoms with Crippen LogP contribution in [-0.4, -0.2) is 40.2 Å². The first-order valence-electron chi connectivity index (χ1n) is 9.23. The van der Waals surface area contributed by atoms with Crippen molar-refractivity contribution in [2.24, 2.45) is 0 Å². The lowest BCUT2D eigenvalue weighted by Gasteiger charge is -2.30. The molecule has 0 aliphatic carbocycles. The largest absolute Gasteiger partial charge is 0.394 e. The van der Waals surface area contributed by atoms with E-state index < -0.39 is 11.9 Å². The second-order valence-corrected chi connectivity index (χ2v) is 7.57. The molecule has 0 bridgehead atoms. The van der Waals surface area contributed by atoms with Gasteiger partial charge in [-0.1, -0.05) is 17.7 Å². The third-order valence-electron chi connectivity index (χ3n) is 4.65. The second-order valence-electron chi connectivity index (χ2n) is 7.17. The molecule has 1 aliphatic heterocycles. The van der Waals surface area contributed by atoms with Crippen molar-refractivity contribution < 1.29 is 14.3 Å². The van der Waals surface area contributed by atoms with Crippen LogP contribution in [-0.2, 0) is 13.0 Å². The first-order valence-corrected chi connectivity index (χ1v) is 9.60. The quantitative estimate of drug-likeness (QED) is 0.710. The van der Waals surface area contributed by atoms with E-state index in [0.29, 0.717) is 25.1 Å². The minimum Gasteiger partial charge on any atom is -0.394 e. The molecule has 8 heteroatoms. The van der Waals surface area contributed by atoms with Crippen LogP contribution in [0.1, 0.15) is 36.6 Å². The fourth-order valence-corrected chi connectivity index (χ4v) is 3.38. The third kappa shape index (κ3) is 4.72. The van der Waals surface area contributed by atoms with Crippen LogP contribution in [0.25, 0.3) is 0 Å². The first-order chi connectivity index (χ1) is 13.4. The van der Waals surface area contributed by atoms with Crippen molar-refractivity contribution in [1.82, 2.24) is 15.2 Å². The second kappa shape index (κ2) is 8.75. The number of carbonyl (C=O) groups excluding carboxylic acids is 1. The molecule has 1 aromatic carbocycles. The Labute approximate surface area is 168 Å². The molecule has 1 atom stereocenters. The van der Waals surface area contributed by atoms with Crippen molar-refractivity contribution in [1.29, 1.82) is 0 Å². The summed E-state index contributed by atoms with van der Waals surface area (Å²) < 4.78 is 13.4. The van der Waals surface area contributed by atoms with E-state index in [1.165, 1.54) is 18.2 Å².